The molecule has 0 radical (unpaired) electrons. The molecule has 1 amide bonds. The van der Waals surface area contributed by atoms with Crippen LogP contribution in [-0.2, 0) is 16.0 Å². The predicted octanol–water partition coefficient (Wildman–Crippen LogP) is 2.47. The minimum Gasteiger partial charge on any atom is -0.481 e. The van der Waals surface area contributed by atoms with E-state index in [1.165, 1.54) is 24.3 Å². The van der Waals surface area contributed by atoms with Gasteiger partial charge in [-0.05, 0) is 48.6 Å². The van der Waals surface area contributed by atoms with E-state index >= 15 is 0 Å². The van der Waals surface area contributed by atoms with Crippen LogP contribution in [0.1, 0.15) is 18.4 Å². The fourth-order valence-electron chi connectivity index (χ4n) is 3.65. The zero-order chi connectivity index (χ0) is 25.3. The molecule has 0 fully saturated rings. The Morgan fingerprint density at radius 2 is 1.91 bits per heavy atom. The Hall–Kier alpha value is -3.40. The van der Waals surface area contributed by atoms with Crippen LogP contribution in [-0.4, -0.2) is 34.7 Å². The van der Waals surface area contributed by atoms with E-state index in [4.69, 9.17) is 23.2 Å². The number of hydrogen-bond donors (Lipinski definition) is 6. The van der Waals surface area contributed by atoms with Crippen molar-refractivity contribution in [1.82, 2.24) is 10.7 Å². The van der Waals surface area contributed by atoms with Crippen LogP contribution in [0.15, 0.2) is 67.0 Å². The first-order chi connectivity index (χ1) is 16.2. The number of halogens is 2. The van der Waals surface area contributed by atoms with Crippen LogP contribution in [0.5, 0.6) is 0 Å². The first kappa shape index (κ1) is 26.8. The van der Waals surface area contributed by atoms with Gasteiger partial charge < -0.3 is 26.7 Å². The van der Waals surface area contributed by atoms with Crippen molar-refractivity contribution in [2.24, 2.45) is 17.0 Å². The second-order valence-corrected chi connectivity index (χ2v) is 8.30. The largest absolute Gasteiger partial charge is 0.481 e. The number of carbonyl (C=O) groups excluding carboxylic acids is 1. The van der Waals surface area contributed by atoms with E-state index in [9.17, 15) is 24.2 Å². The summed E-state index contributed by atoms with van der Waals surface area (Å²) >= 11 is 5.98. The summed E-state index contributed by atoms with van der Waals surface area (Å²) in [5, 5.41) is 22.8. The molecule has 0 spiro atoms. The van der Waals surface area contributed by atoms with E-state index in [1.54, 1.807) is 24.3 Å². The molecule has 0 bridgehead atoms. The minimum atomic E-state index is -1.55. The Morgan fingerprint density at radius 1 is 1.24 bits per heavy atom. The highest BCUT2D eigenvalue weighted by atomic mass is 35.5. The molecule has 2 aromatic carbocycles. The molecule has 1 unspecified atom stereocenters. The number of carboxylic acids is 1. The molecule has 0 saturated carbocycles. The number of nitrogens with one attached hydrogen (secondary N) is 2. The van der Waals surface area contributed by atoms with Crippen LogP contribution >= 0.6 is 11.6 Å². The topological polar surface area (TPSA) is 151 Å². The number of rotatable bonds is 12. The van der Waals surface area contributed by atoms with Crippen molar-refractivity contribution in [3.8, 4) is 11.1 Å². The van der Waals surface area contributed by atoms with Crippen molar-refractivity contribution in [3.05, 3.63) is 83.4 Å². The van der Waals surface area contributed by atoms with Gasteiger partial charge in [-0.2, -0.15) is 0 Å². The standard InChI is InChI=1S/C24H28ClFN4O4/c1-2-9-24(14-31,23(33)34)12-18(29-22(32)21(13-27)30-28)10-15-3-5-16(6-4-15)19-11-17(25)7-8-20(19)26/h2-8,11,13,18,30-31H,1,9-10,12,14,27-28H2,(H,29,32)(H,33,34)/b21-13-/t18-,24?/m1/s1. The molecule has 8 nitrogen and oxygen atoms in total. The summed E-state index contributed by atoms with van der Waals surface area (Å²) in [6.45, 7) is 2.93. The monoisotopic (exact) mass is 490 g/mol. The van der Waals surface area contributed by atoms with Gasteiger partial charge >= 0.3 is 5.97 Å². The van der Waals surface area contributed by atoms with E-state index in [-0.39, 0.29) is 25.0 Å². The maximum atomic E-state index is 14.2. The third kappa shape index (κ3) is 6.57. The quantitative estimate of drug-likeness (QED) is 0.116. The smallest absolute Gasteiger partial charge is 0.312 e. The SMILES string of the molecule is C=CCC(CO)(C[C@@H](Cc1ccc(-c2cc(Cl)ccc2F)cc1)NC(=O)/C(=C/N)NN)C(=O)O. The summed E-state index contributed by atoms with van der Waals surface area (Å²) in [6, 6.07) is 10.4. The lowest BCUT2D eigenvalue weighted by molar-refractivity contribution is -0.152. The molecule has 0 aliphatic carbocycles. The molecular weight excluding hydrogens is 463 g/mol. The fourth-order valence-corrected chi connectivity index (χ4v) is 3.83. The Bertz CT molecular complexity index is 1060. The number of hydrogen-bond acceptors (Lipinski definition) is 6. The van der Waals surface area contributed by atoms with E-state index in [1.807, 2.05) is 0 Å². The van der Waals surface area contributed by atoms with Crippen molar-refractivity contribution < 1.29 is 24.2 Å². The highest BCUT2D eigenvalue weighted by Crippen LogP contribution is 2.31. The third-order valence-corrected chi connectivity index (χ3v) is 5.74. The predicted molar refractivity (Wildman–Crippen MR) is 129 cm³/mol. The first-order valence-corrected chi connectivity index (χ1v) is 10.8. The van der Waals surface area contributed by atoms with Crippen LogP contribution in [0.25, 0.3) is 11.1 Å². The van der Waals surface area contributed by atoms with Crippen LogP contribution in [0.2, 0.25) is 5.02 Å². The van der Waals surface area contributed by atoms with Gasteiger partial charge in [0.15, 0.2) is 0 Å². The highest BCUT2D eigenvalue weighted by Gasteiger charge is 2.39. The number of carbonyl (C=O) groups is 2. The minimum absolute atomic E-state index is 0.00703. The molecule has 0 aliphatic rings. The first-order valence-electron chi connectivity index (χ1n) is 10.4. The van der Waals surface area contributed by atoms with Crippen molar-refractivity contribution in [2.75, 3.05) is 6.61 Å². The average molecular weight is 491 g/mol. The van der Waals surface area contributed by atoms with Crippen molar-refractivity contribution >= 4 is 23.5 Å². The number of aliphatic hydroxyl groups is 1. The highest BCUT2D eigenvalue weighted by molar-refractivity contribution is 6.30. The molecule has 0 heterocycles. The molecule has 8 N–H and O–H groups in total. The number of amides is 1. The van der Waals surface area contributed by atoms with Gasteiger partial charge in [0.05, 0.1) is 12.0 Å². The van der Waals surface area contributed by atoms with Gasteiger partial charge in [-0.3, -0.25) is 15.4 Å². The Morgan fingerprint density at radius 3 is 2.44 bits per heavy atom. The molecule has 2 aromatic rings. The number of allylic oxidation sites excluding steroid dienone is 1. The molecular formula is C24H28ClFN4O4. The van der Waals surface area contributed by atoms with E-state index in [0.29, 0.717) is 16.1 Å². The lowest BCUT2D eigenvalue weighted by atomic mass is 9.78. The molecule has 2 atom stereocenters. The average Bonchev–Trinajstić information content (AvgIpc) is 2.81. The van der Waals surface area contributed by atoms with Gasteiger partial charge in [0.1, 0.15) is 11.5 Å². The molecule has 2 rings (SSSR count). The van der Waals surface area contributed by atoms with Gasteiger partial charge in [-0.15, -0.1) is 6.58 Å². The lowest BCUT2D eigenvalue weighted by Crippen LogP contribution is -2.47. The van der Waals surface area contributed by atoms with Crippen LogP contribution in [0, 0.1) is 11.2 Å². The summed E-state index contributed by atoms with van der Waals surface area (Å²) in [4.78, 5) is 24.5. The number of aliphatic hydroxyl groups excluding tert-OH is 1. The number of benzene rings is 2. The molecule has 0 aliphatic heterocycles. The van der Waals surface area contributed by atoms with Crippen molar-refractivity contribution in [2.45, 2.75) is 25.3 Å². The van der Waals surface area contributed by atoms with E-state index < -0.39 is 35.8 Å². The van der Waals surface area contributed by atoms with Crippen molar-refractivity contribution in [1.29, 1.82) is 0 Å². The lowest BCUT2D eigenvalue weighted by Gasteiger charge is -2.31. The Balaban J connectivity index is 2.35. The van der Waals surface area contributed by atoms with E-state index in [2.05, 4.69) is 17.3 Å². The van der Waals surface area contributed by atoms with Crippen LogP contribution in [0.4, 0.5) is 4.39 Å². The molecule has 10 heteroatoms. The Kier molecular flexibility index (Phi) is 9.61. The molecule has 182 valence electrons. The third-order valence-electron chi connectivity index (χ3n) is 5.51. The summed E-state index contributed by atoms with van der Waals surface area (Å²) < 4.78 is 14.2. The molecule has 34 heavy (non-hydrogen) atoms. The number of nitrogens with two attached hydrogens (primary N) is 2. The van der Waals surface area contributed by atoms with Gasteiger partial charge in [-0.25, -0.2) is 4.39 Å². The van der Waals surface area contributed by atoms with E-state index in [0.717, 1.165) is 11.8 Å². The number of aliphatic carboxylic acids is 1. The summed E-state index contributed by atoms with van der Waals surface area (Å²) in [7, 11) is 0. The van der Waals surface area contributed by atoms with Gasteiger partial charge in [0, 0.05) is 22.8 Å². The van der Waals surface area contributed by atoms with Gasteiger partial charge in [0.2, 0.25) is 0 Å². The van der Waals surface area contributed by atoms with Crippen molar-refractivity contribution in [3.63, 3.8) is 0 Å². The zero-order valence-electron chi connectivity index (χ0n) is 18.4. The second-order valence-electron chi connectivity index (χ2n) is 7.86. The number of hydrazine groups is 1. The summed E-state index contributed by atoms with van der Waals surface area (Å²) in [5.41, 5.74) is 7.61. The van der Waals surface area contributed by atoms with Gasteiger partial charge in [0.25, 0.3) is 5.91 Å². The molecule has 0 saturated heterocycles. The Labute approximate surface area is 202 Å². The van der Waals surface area contributed by atoms with Gasteiger partial charge in [-0.1, -0.05) is 41.9 Å². The maximum Gasteiger partial charge on any atom is 0.312 e. The maximum absolute atomic E-state index is 14.2. The zero-order valence-corrected chi connectivity index (χ0v) is 19.2. The van der Waals surface area contributed by atoms with Crippen LogP contribution < -0.4 is 22.3 Å². The number of carboxylic acid groups (broad SMARTS) is 1. The molecule has 0 aromatic heterocycles. The van der Waals surface area contributed by atoms with Crippen LogP contribution in [0.3, 0.4) is 0 Å². The fraction of sp³-hybridized carbons (Fsp3) is 0.250. The second kappa shape index (κ2) is 12.2. The normalized spacial score (nSPS) is 14.1. The summed E-state index contributed by atoms with van der Waals surface area (Å²) in [6.07, 6.45) is 2.51. The summed E-state index contributed by atoms with van der Waals surface area (Å²) in [5.74, 6) is 3.04.